The van der Waals surface area contributed by atoms with E-state index in [1.807, 2.05) is 39.0 Å². The number of nitrogens with one attached hydrogen (secondary N) is 3. The Morgan fingerprint density at radius 2 is 1.84 bits per heavy atom. The molecule has 3 saturated carbocycles. The van der Waals surface area contributed by atoms with Gasteiger partial charge in [-0.05, 0) is 108 Å². The van der Waals surface area contributed by atoms with Crippen LogP contribution in [0.4, 0.5) is 4.79 Å². The van der Waals surface area contributed by atoms with Crippen molar-refractivity contribution in [3.05, 3.63) is 36.4 Å². The number of nitrogens with zero attached hydrogens (tertiary/aromatic N) is 3. The molecule has 2 bridgehead atoms. The number of methoxy groups -OCH3 is 1. The molecule has 2 aromatic rings. The van der Waals surface area contributed by atoms with Gasteiger partial charge in [0.15, 0.2) is 0 Å². The van der Waals surface area contributed by atoms with Crippen LogP contribution in [-0.2, 0) is 35.6 Å². The number of sulfonamides is 1. The minimum atomic E-state index is -4.02. The van der Waals surface area contributed by atoms with Gasteiger partial charge in [-0.3, -0.25) is 19.1 Å². The molecule has 5 fully saturated rings. The fourth-order valence-electron chi connectivity index (χ4n) is 9.67. The lowest BCUT2D eigenvalue weighted by molar-refractivity contribution is -0.142. The third-order valence-electron chi connectivity index (χ3n) is 14.3. The van der Waals surface area contributed by atoms with Crippen molar-refractivity contribution in [2.24, 2.45) is 17.3 Å². The zero-order valence-corrected chi connectivity index (χ0v) is 38.9. The number of pyridine rings is 1. The van der Waals surface area contributed by atoms with Crippen LogP contribution >= 0.6 is 0 Å². The molecular formula is C47H66N6O10S. The highest BCUT2D eigenvalue weighted by Gasteiger charge is 2.63. The van der Waals surface area contributed by atoms with Crippen LogP contribution in [0, 0.1) is 17.3 Å². The number of ether oxygens (including phenoxy) is 4. The van der Waals surface area contributed by atoms with Gasteiger partial charge in [0, 0.05) is 24.3 Å². The summed E-state index contributed by atoms with van der Waals surface area (Å²) in [6, 6.07) is 3.45. The number of fused-ring (bicyclic) bond motifs is 5. The molecule has 2 saturated heterocycles. The zero-order valence-electron chi connectivity index (χ0n) is 38.0. The van der Waals surface area contributed by atoms with Crippen molar-refractivity contribution in [1.82, 2.24) is 30.1 Å². The highest BCUT2D eigenvalue weighted by atomic mass is 32.2. The minimum absolute atomic E-state index is 0.00652. The SMILES string of the molecule is C=C[C@@H]1C[C@]1(NC(=O)[C@@H]1C[C@@H]2CN1C(=O)[C@H](C(C)(C)C)NC(=O)O[C@@H]1C[C@H]1CCCCCc1c(nc3c(OC)cccc3c1OCCCN1CCCC1)O2)C(=O)NS(=O)(=O)C1(C)CC1. The van der Waals surface area contributed by atoms with Crippen LogP contribution in [0.1, 0.15) is 110 Å². The number of rotatable bonds is 12. The van der Waals surface area contributed by atoms with Crippen molar-refractivity contribution in [3.63, 3.8) is 0 Å². The van der Waals surface area contributed by atoms with Gasteiger partial charge in [0.2, 0.25) is 27.7 Å². The number of hydrogen-bond acceptors (Lipinski definition) is 12. The molecule has 1 aromatic heterocycles. The third-order valence-corrected chi connectivity index (χ3v) is 16.4. The highest BCUT2D eigenvalue weighted by molar-refractivity contribution is 7.91. The molecule has 4 amide bonds. The lowest BCUT2D eigenvalue weighted by Crippen LogP contribution is -2.60. The second-order valence-electron chi connectivity index (χ2n) is 20.2. The molecule has 3 aliphatic heterocycles. The maximum Gasteiger partial charge on any atom is 0.408 e. The van der Waals surface area contributed by atoms with Gasteiger partial charge < -0.3 is 39.4 Å². The Hall–Kier alpha value is -4.64. The summed E-state index contributed by atoms with van der Waals surface area (Å²) >= 11 is 0. The number of carbonyl (C=O) groups excluding carboxylic acids is 4. The number of benzene rings is 1. The van der Waals surface area contributed by atoms with Gasteiger partial charge in [0.1, 0.15) is 46.8 Å². The second-order valence-corrected chi connectivity index (χ2v) is 22.4. The van der Waals surface area contributed by atoms with E-state index in [0.29, 0.717) is 48.8 Å². The summed E-state index contributed by atoms with van der Waals surface area (Å²) in [4.78, 5) is 65.9. The number of para-hydroxylation sites is 1. The summed E-state index contributed by atoms with van der Waals surface area (Å²) in [5.74, 6) is -0.807. The Kier molecular flexibility index (Phi) is 12.9. The van der Waals surface area contributed by atoms with Gasteiger partial charge >= 0.3 is 6.09 Å². The van der Waals surface area contributed by atoms with E-state index in [-0.39, 0.29) is 31.4 Å². The van der Waals surface area contributed by atoms with Gasteiger partial charge in [-0.1, -0.05) is 45.8 Å². The number of alkyl carbamates (subject to hydrolysis) is 1. The van der Waals surface area contributed by atoms with Crippen molar-refractivity contribution >= 4 is 44.7 Å². The standard InChI is InChI=1S/C47H66N6O10S/c1-7-30-27-47(30,43(56)51-64(58,59)46(5)19-20-46)50-40(54)34-26-31-28-53(34)42(55)39(45(2,3)4)49-44(57)63-36-25-29(36)15-9-8-10-16-33-38(61-24-14-23-52-21-11-12-22-52)32-17-13-18-35(60-6)37(32)48-41(33)62-31/h7,13,17-18,29-31,34,36,39H,1,8-12,14-16,19-28H2,2-6H3,(H,49,57)(H,50,54)(H,51,56)/t29-,30-,31-,34+,36-,39-,47-/m1/s1. The summed E-state index contributed by atoms with van der Waals surface area (Å²) in [5.41, 5.74) is -1.05. The van der Waals surface area contributed by atoms with Crippen LogP contribution in [0.25, 0.3) is 10.9 Å². The third kappa shape index (κ3) is 9.52. The van der Waals surface area contributed by atoms with Crippen LogP contribution < -0.4 is 29.6 Å². The first-order chi connectivity index (χ1) is 30.5. The van der Waals surface area contributed by atoms with E-state index in [1.165, 1.54) is 23.8 Å². The van der Waals surface area contributed by atoms with Gasteiger partial charge in [0.25, 0.3) is 5.91 Å². The minimum Gasteiger partial charge on any atom is -0.494 e. The van der Waals surface area contributed by atoms with Crippen LogP contribution in [-0.4, -0.2) is 121 Å². The second kappa shape index (κ2) is 18.0. The molecular weight excluding hydrogens is 841 g/mol. The van der Waals surface area contributed by atoms with E-state index in [9.17, 15) is 27.6 Å². The molecule has 6 aliphatic rings. The van der Waals surface area contributed by atoms with E-state index in [0.717, 1.165) is 69.1 Å². The maximum absolute atomic E-state index is 14.9. The van der Waals surface area contributed by atoms with E-state index in [1.54, 1.807) is 14.0 Å². The fraction of sp³-hybridized carbons (Fsp3) is 0.681. The van der Waals surface area contributed by atoms with Crippen molar-refractivity contribution in [2.45, 2.75) is 146 Å². The topological polar surface area (TPSA) is 195 Å². The lowest BCUT2D eigenvalue weighted by atomic mass is 9.85. The van der Waals surface area contributed by atoms with Gasteiger partial charge in [-0.25, -0.2) is 18.2 Å². The van der Waals surface area contributed by atoms with Gasteiger partial charge in [0.05, 0.1) is 30.6 Å². The summed E-state index contributed by atoms with van der Waals surface area (Å²) in [7, 11) is -2.43. The van der Waals surface area contributed by atoms with Gasteiger partial charge in [-0.2, -0.15) is 0 Å². The van der Waals surface area contributed by atoms with E-state index in [4.69, 9.17) is 23.9 Å². The van der Waals surface area contributed by atoms with Crippen LogP contribution in [0.3, 0.4) is 0 Å². The number of hydrogen-bond donors (Lipinski definition) is 3. The fourth-order valence-corrected chi connectivity index (χ4v) is 11.0. The van der Waals surface area contributed by atoms with Crippen LogP contribution in [0.15, 0.2) is 30.9 Å². The Balaban J connectivity index is 1.14. The Morgan fingerprint density at radius 1 is 1.08 bits per heavy atom. The highest BCUT2D eigenvalue weighted by Crippen LogP contribution is 2.48. The molecule has 350 valence electrons. The van der Waals surface area contributed by atoms with Crippen molar-refractivity contribution < 1.29 is 46.5 Å². The first-order valence-corrected chi connectivity index (χ1v) is 24.8. The molecule has 1 aromatic carbocycles. The number of aromatic nitrogens is 1. The van der Waals surface area contributed by atoms with Crippen molar-refractivity contribution in [3.8, 4) is 17.4 Å². The Labute approximate surface area is 377 Å². The molecule has 8 rings (SSSR count). The predicted octanol–water partition coefficient (Wildman–Crippen LogP) is 5.16. The van der Waals surface area contributed by atoms with E-state index < -0.39 is 73.6 Å². The molecule has 3 N–H and O–H groups in total. The molecule has 0 radical (unpaired) electrons. The first kappa shape index (κ1) is 45.9. The molecule has 16 nitrogen and oxygen atoms in total. The molecule has 0 spiro atoms. The Morgan fingerprint density at radius 3 is 2.53 bits per heavy atom. The molecule has 7 atom stereocenters. The average Bonchev–Trinajstić information content (AvgIpc) is 4.20. The van der Waals surface area contributed by atoms with E-state index in [2.05, 4.69) is 26.8 Å². The van der Waals surface area contributed by atoms with Crippen LogP contribution in [0.5, 0.6) is 17.4 Å². The summed E-state index contributed by atoms with van der Waals surface area (Å²) in [6.45, 7) is 14.5. The first-order valence-electron chi connectivity index (χ1n) is 23.3. The predicted molar refractivity (Wildman–Crippen MR) is 239 cm³/mol. The largest absolute Gasteiger partial charge is 0.494 e. The summed E-state index contributed by atoms with van der Waals surface area (Å²) < 4.78 is 52.9. The number of amides is 4. The summed E-state index contributed by atoms with van der Waals surface area (Å²) in [5, 5.41) is 6.51. The normalized spacial score (nSPS) is 29.4. The molecule has 4 heterocycles. The molecule has 0 unspecified atom stereocenters. The quantitative estimate of drug-likeness (QED) is 0.187. The zero-order chi connectivity index (χ0) is 45.6. The molecule has 3 aliphatic carbocycles. The monoisotopic (exact) mass is 906 g/mol. The van der Waals surface area contributed by atoms with E-state index >= 15 is 0 Å². The maximum atomic E-state index is 14.9. The van der Waals surface area contributed by atoms with Crippen molar-refractivity contribution in [2.75, 3.05) is 39.9 Å². The van der Waals surface area contributed by atoms with Crippen molar-refractivity contribution in [1.29, 1.82) is 0 Å². The average molecular weight is 907 g/mol. The molecule has 64 heavy (non-hydrogen) atoms. The number of carbonyl (C=O) groups is 4. The number of likely N-dealkylation sites (tertiary alicyclic amines) is 1. The summed E-state index contributed by atoms with van der Waals surface area (Å²) in [6.07, 6.45) is 8.98. The Bertz CT molecular complexity index is 2250. The smallest absolute Gasteiger partial charge is 0.408 e. The molecule has 17 heteroatoms. The van der Waals surface area contributed by atoms with Crippen LogP contribution in [0.2, 0.25) is 0 Å². The van der Waals surface area contributed by atoms with Gasteiger partial charge in [-0.15, -0.1) is 6.58 Å². The lowest BCUT2D eigenvalue weighted by Gasteiger charge is -2.35.